The van der Waals surface area contributed by atoms with E-state index in [1.165, 1.54) is 0 Å². The molecular weight excluding hydrogens is 156 g/mol. The third kappa shape index (κ3) is 6.10. The largest absolute Gasteiger partial charge is 0.395 e. The van der Waals surface area contributed by atoms with Crippen LogP contribution < -0.4 is 0 Å². The van der Waals surface area contributed by atoms with E-state index in [2.05, 4.69) is 6.07 Å². The van der Waals surface area contributed by atoms with Crippen molar-refractivity contribution in [1.82, 2.24) is 4.90 Å². The molecule has 12 heavy (non-hydrogen) atoms. The Labute approximate surface area is 73.4 Å². The monoisotopic (exact) mass is 172 g/mol. The molecule has 1 N–H and O–H groups in total. The fourth-order valence-corrected chi connectivity index (χ4v) is 0.905. The normalized spacial score (nSPS) is 10.2. The predicted octanol–water partition coefficient (Wildman–Crippen LogP) is -0.159. The van der Waals surface area contributed by atoms with Crippen molar-refractivity contribution in [2.24, 2.45) is 0 Å². The number of nitrogens with zero attached hydrogens (tertiary/aromatic N) is 2. The number of nitriles is 1. The summed E-state index contributed by atoms with van der Waals surface area (Å²) >= 11 is 0. The molecule has 70 valence electrons. The molecule has 4 heteroatoms. The first-order valence-electron chi connectivity index (χ1n) is 4.04. The van der Waals surface area contributed by atoms with Crippen molar-refractivity contribution >= 4 is 0 Å². The summed E-state index contributed by atoms with van der Waals surface area (Å²) in [6.07, 6.45) is 0.504. The molecule has 0 aliphatic heterocycles. The summed E-state index contributed by atoms with van der Waals surface area (Å²) in [7, 11) is 1.64. The standard InChI is InChI=1S/C8H16N2O2/c1-12-8-6-10(5-7-11)4-2-3-9/h11H,2,4-8H2,1H3. The number of hydrogen-bond donors (Lipinski definition) is 1. The van der Waals surface area contributed by atoms with Crippen LogP contribution in [0.5, 0.6) is 0 Å². The quantitative estimate of drug-likeness (QED) is 0.580. The average molecular weight is 172 g/mol. The maximum atomic E-state index is 8.67. The van der Waals surface area contributed by atoms with Gasteiger partial charge in [-0.25, -0.2) is 0 Å². The molecule has 0 saturated heterocycles. The van der Waals surface area contributed by atoms with Gasteiger partial charge in [-0.05, 0) is 0 Å². The van der Waals surface area contributed by atoms with E-state index < -0.39 is 0 Å². The fraction of sp³-hybridized carbons (Fsp3) is 0.875. The van der Waals surface area contributed by atoms with Gasteiger partial charge >= 0.3 is 0 Å². The van der Waals surface area contributed by atoms with E-state index >= 15 is 0 Å². The second kappa shape index (κ2) is 8.47. The Balaban J connectivity index is 3.48. The molecule has 0 radical (unpaired) electrons. The number of methoxy groups -OCH3 is 1. The molecule has 0 aliphatic carbocycles. The molecule has 0 aliphatic rings. The van der Waals surface area contributed by atoms with E-state index in [9.17, 15) is 0 Å². The van der Waals surface area contributed by atoms with Crippen molar-refractivity contribution in [2.75, 3.05) is 40.0 Å². The van der Waals surface area contributed by atoms with Crippen molar-refractivity contribution in [3.8, 4) is 6.07 Å². The van der Waals surface area contributed by atoms with E-state index in [1.54, 1.807) is 7.11 Å². The summed E-state index contributed by atoms with van der Waals surface area (Å²) in [6, 6.07) is 2.07. The summed E-state index contributed by atoms with van der Waals surface area (Å²) in [4.78, 5) is 2.01. The molecule has 0 aromatic carbocycles. The van der Waals surface area contributed by atoms with Crippen LogP contribution in [0.3, 0.4) is 0 Å². The lowest BCUT2D eigenvalue weighted by molar-refractivity contribution is 0.132. The summed E-state index contributed by atoms with van der Waals surface area (Å²) in [6.45, 7) is 2.88. The second-order valence-electron chi connectivity index (χ2n) is 2.47. The second-order valence-corrected chi connectivity index (χ2v) is 2.47. The Hall–Kier alpha value is -0.630. The lowest BCUT2D eigenvalue weighted by Gasteiger charge is -2.18. The predicted molar refractivity (Wildman–Crippen MR) is 45.6 cm³/mol. The molecule has 0 fully saturated rings. The van der Waals surface area contributed by atoms with Gasteiger partial charge in [0.15, 0.2) is 0 Å². The summed E-state index contributed by atoms with van der Waals surface area (Å²) in [5, 5.41) is 17.0. The Morgan fingerprint density at radius 2 is 2.17 bits per heavy atom. The number of aliphatic hydroxyl groups is 1. The lowest BCUT2D eigenvalue weighted by Crippen LogP contribution is -2.31. The minimum absolute atomic E-state index is 0.134. The highest BCUT2D eigenvalue weighted by Crippen LogP contribution is 1.90. The van der Waals surface area contributed by atoms with Crippen LogP contribution in [0.4, 0.5) is 0 Å². The van der Waals surface area contributed by atoms with Crippen molar-refractivity contribution in [3.05, 3.63) is 0 Å². The zero-order chi connectivity index (χ0) is 9.23. The van der Waals surface area contributed by atoms with Crippen LogP contribution in [0.2, 0.25) is 0 Å². The lowest BCUT2D eigenvalue weighted by atomic mass is 10.4. The Morgan fingerprint density at radius 3 is 2.67 bits per heavy atom. The van der Waals surface area contributed by atoms with E-state index in [-0.39, 0.29) is 6.61 Å². The summed E-state index contributed by atoms with van der Waals surface area (Å²) in [5.41, 5.74) is 0. The maximum Gasteiger partial charge on any atom is 0.0635 e. The van der Waals surface area contributed by atoms with Gasteiger partial charge in [-0.1, -0.05) is 0 Å². The summed E-state index contributed by atoms with van der Waals surface area (Å²) in [5.74, 6) is 0. The van der Waals surface area contributed by atoms with Crippen LogP contribution >= 0.6 is 0 Å². The fourth-order valence-electron chi connectivity index (χ4n) is 0.905. The van der Waals surface area contributed by atoms with Crippen LogP contribution in [-0.4, -0.2) is 50.0 Å². The van der Waals surface area contributed by atoms with E-state index in [4.69, 9.17) is 15.1 Å². The molecule has 0 saturated carbocycles. The van der Waals surface area contributed by atoms with E-state index in [0.717, 1.165) is 6.54 Å². The molecule has 0 spiro atoms. The van der Waals surface area contributed by atoms with Crippen molar-refractivity contribution in [1.29, 1.82) is 5.26 Å². The van der Waals surface area contributed by atoms with Gasteiger partial charge in [-0.15, -0.1) is 0 Å². The van der Waals surface area contributed by atoms with Gasteiger partial charge in [0.1, 0.15) is 0 Å². The molecule has 0 rings (SSSR count). The number of ether oxygens (including phenoxy) is 1. The third-order valence-electron chi connectivity index (χ3n) is 1.57. The van der Waals surface area contributed by atoms with Gasteiger partial charge in [0.2, 0.25) is 0 Å². The number of aliphatic hydroxyl groups excluding tert-OH is 1. The van der Waals surface area contributed by atoms with Crippen molar-refractivity contribution in [2.45, 2.75) is 6.42 Å². The number of rotatable bonds is 7. The minimum atomic E-state index is 0.134. The minimum Gasteiger partial charge on any atom is -0.395 e. The van der Waals surface area contributed by atoms with Crippen LogP contribution in [0.25, 0.3) is 0 Å². The van der Waals surface area contributed by atoms with Crippen molar-refractivity contribution in [3.63, 3.8) is 0 Å². The molecule has 0 bridgehead atoms. The molecule has 0 amide bonds. The Bertz CT molecular complexity index is 134. The first-order valence-corrected chi connectivity index (χ1v) is 4.04. The highest BCUT2D eigenvalue weighted by atomic mass is 16.5. The first kappa shape index (κ1) is 11.4. The van der Waals surface area contributed by atoms with Gasteiger partial charge in [-0.2, -0.15) is 5.26 Å². The molecule has 0 aromatic rings. The Morgan fingerprint density at radius 1 is 1.42 bits per heavy atom. The van der Waals surface area contributed by atoms with Crippen LogP contribution in [-0.2, 0) is 4.74 Å². The Kier molecular flexibility index (Phi) is 8.02. The smallest absolute Gasteiger partial charge is 0.0635 e. The first-order chi connectivity index (χ1) is 5.85. The van der Waals surface area contributed by atoms with Gasteiger partial charge in [0.05, 0.1) is 19.3 Å². The average Bonchev–Trinajstić information content (AvgIpc) is 2.10. The van der Waals surface area contributed by atoms with Crippen molar-refractivity contribution < 1.29 is 9.84 Å². The van der Waals surface area contributed by atoms with Gasteiger partial charge < -0.3 is 9.84 Å². The topological polar surface area (TPSA) is 56.5 Å². The molecule has 0 unspecified atom stereocenters. The van der Waals surface area contributed by atoms with Crippen LogP contribution in [0.1, 0.15) is 6.42 Å². The number of hydrogen-bond acceptors (Lipinski definition) is 4. The van der Waals surface area contributed by atoms with Gasteiger partial charge in [-0.3, -0.25) is 4.90 Å². The SMILES string of the molecule is COCCN(CCO)CCC#N. The summed E-state index contributed by atoms with van der Waals surface area (Å²) < 4.78 is 4.89. The molecule has 0 aromatic heterocycles. The van der Waals surface area contributed by atoms with Crippen LogP contribution in [0, 0.1) is 11.3 Å². The maximum absolute atomic E-state index is 8.67. The van der Waals surface area contributed by atoms with Gasteiger partial charge in [0.25, 0.3) is 0 Å². The van der Waals surface area contributed by atoms with Crippen LogP contribution in [0.15, 0.2) is 0 Å². The highest BCUT2D eigenvalue weighted by Gasteiger charge is 2.01. The molecule has 4 nitrogen and oxygen atoms in total. The molecule has 0 heterocycles. The molecule has 0 atom stereocenters. The molecular formula is C8H16N2O2. The zero-order valence-corrected chi connectivity index (χ0v) is 7.49. The van der Waals surface area contributed by atoms with E-state index in [1.807, 2.05) is 4.90 Å². The van der Waals surface area contributed by atoms with Gasteiger partial charge in [0, 0.05) is 33.2 Å². The third-order valence-corrected chi connectivity index (χ3v) is 1.57. The van der Waals surface area contributed by atoms with E-state index in [0.29, 0.717) is 26.1 Å². The highest BCUT2D eigenvalue weighted by molar-refractivity contribution is 4.72. The zero-order valence-electron chi connectivity index (χ0n) is 7.49.